The van der Waals surface area contributed by atoms with Gasteiger partial charge in [-0.15, -0.1) is 11.3 Å². The Labute approximate surface area is 147 Å². The number of hydrogen-bond donors (Lipinski definition) is 2. The first kappa shape index (κ1) is 18.4. The molecule has 0 unspecified atom stereocenters. The van der Waals surface area contributed by atoms with Crippen LogP contribution >= 0.6 is 11.3 Å². The predicted molar refractivity (Wildman–Crippen MR) is 99.3 cm³/mol. The third-order valence-electron chi connectivity index (χ3n) is 3.47. The third-order valence-corrected chi connectivity index (χ3v) is 4.50. The Balaban J connectivity index is 1.74. The molecule has 0 spiro atoms. The monoisotopic (exact) mass is 348 g/mol. The summed E-state index contributed by atoms with van der Waals surface area (Å²) < 4.78 is 13.6. The highest BCUT2D eigenvalue weighted by Crippen LogP contribution is 2.10. The molecule has 0 radical (unpaired) electrons. The van der Waals surface area contributed by atoms with Crippen molar-refractivity contribution in [1.82, 2.24) is 15.6 Å². The molecule has 0 atom stereocenters. The smallest absolute Gasteiger partial charge is 0.191 e. The van der Waals surface area contributed by atoms with E-state index in [1.807, 2.05) is 26.0 Å². The summed E-state index contributed by atoms with van der Waals surface area (Å²) >= 11 is 1.71. The highest BCUT2D eigenvalue weighted by atomic mass is 32.1. The van der Waals surface area contributed by atoms with Crippen LogP contribution in [0.15, 0.2) is 34.6 Å². The third kappa shape index (κ3) is 6.28. The van der Waals surface area contributed by atoms with E-state index in [4.69, 9.17) is 0 Å². The van der Waals surface area contributed by atoms with Gasteiger partial charge in [-0.2, -0.15) is 0 Å². The van der Waals surface area contributed by atoms with Crippen LogP contribution in [0, 0.1) is 12.7 Å². The molecule has 2 aromatic rings. The molecule has 2 N–H and O–H groups in total. The molecule has 0 aliphatic carbocycles. The van der Waals surface area contributed by atoms with Crippen molar-refractivity contribution in [2.75, 3.05) is 19.6 Å². The van der Waals surface area contributed by atoms with Gasteiger partial charge in [0.1, 0.15) is 5.82 Å². The van der Waals surface area contributed by atoms with Crippen molar-refractivity contribution in [1.29, 1.82) is 0 Å². The van der Waals surface area contributed by atoms with E-state index in [0.717, 1.165) is 43.1 Å². The van der Waals surface area contributed by atoms with Gasteiger partial charge in [0.15, 0.2) is 5.96 Å². The first-order chi connectivity index (χ1) is 11.7. The molecule has 0 aliphatic heterocycles. The number of guanidine groups is 1. The van der Waals surface area contributed by atoms with Gasteiger partial charge in [0.2, 0.25) is 0 Å². The van der Waals surface area contributed by atoms with Gasteiger partial charge in [-0.25, -0.2) is 9.37 Å². The second-order valence-electron chi connectivity index (χ2n) is 5.52. The number of hydrogen-bond acceptors (Lipinski definition) is 3. The molecular formula is C18H25FN4S. The van der Waals surface area contributed by atoms with E-state index in [1.54, 1.807) is 17.4 Å². The first-order valence-electron chi connectivity index (χ1n) is 8.35. The van der Waals surface area contributed by atoms with E-state index in [1.165, 1.54) is 11.1 Å². The number of aryl methyl sites for hydroxylation is 2. The Bertz CT molecular complexity index is 654. The van der Waals surface area contributed by atoms with Crippen molar-refractivity contribution >= 4 is 17.3 Å². The maximum Gasteiger partial charge on any atom is 0.191 e. The van der Waals surface area contributed by atoms with Gasteiger partial charge < -0.3 is 10.6 Å². The molecule has 1 aromatic heterocycles. The summed E-state index contributed by atoms with van der Waals surface area (Å²) in [6.45, 7) is 6.25. The van der Waals surface area contributed by atoms with E-state index in [9.17, 15) is 4.39 Å². The lowest BCUT2D eigenvalue weighted by atomic mass is 10.1. The highest BCUT2D eigenvalue weighted by Gasteiger charge is 2.02. The van der Waals surface area contributed by atoms with E-state index >= 15 is 0 Å². The maximum atomic E-state index is 13.6. The van der Waals surface area contributed by atoms with Crippen molar-refractivity contribution in [3.05, 3.63) is 51.7 Å². The second kappa shape index (κ2) is 10.0. The van der Waals surface area contributed by atoms with Gasteiger partial charge in [-0.3, -0.25) is 4.99 Å². The van der Waals surface area contributed by atoms with Gasteiger partial charge in [-0.1, -0.05) is 18.2 Å². The largest absolute Gasteiger partial charge is 0.357 e. The molecule has 0 bridgehead atoms. The number of rotatable bonds is 8. The molecule has 2 rings (SSSR count). The summed E-state index contributed by atoms with van der Waals surface area (Å²) in [4.78, 5) is 9.02. The number of thiazole rings is 1. The first-order valence-corrected chi connectivity index (χ1v) is 9.23. The molecule has 0 fully saturated rings. The Hall–Kier alpha value is -1.95. The predicted octanol–water partition coefficient (Wildman–Crippen LogP) is 3.32. The molecule has 0 saturated heterocycles. The number of nitrogens with one attached hydrogen (secondary N) is 2. The SMILES string of the molecule is CCNC(=NCCCc1nc(C)cs1)NCCc1ccccc1F. The minimum Gasteiger partial charge on any atom is -0.357 e. The van der Waals surface area contributed by atoms with E-state index < -0.39 is 0 Å². The van der Waals surface area contributed by atoms with Crippen LogP contribution in [0.2, 0.25) is 0 Å². The molecular weight excluding hydrogens is 323 g/mol. The van der Waals surface area contributed by atoms with Crippen LogP contribution in [0.5, 0.6) is 0 Å². The zero-order chi connectivity index (χ0) is 17.2. The summed E-state index contributed by atoms with van der Waals surface area (Å²) in [7, 11) is 0. The quantitative estimate of drug-likeness (QED) is 0.437. The lowest BCUT2D eigenvalue weighted by molar-refractivity contribution is 0.606. The lowest BCUT2D eigenvalue weighted by Gasteiger charge is -2.11. The topological polar surface area (TPSA) is 49.3 Å². The molecule has 1 heterocycles. The van der Waals surface area contributed by atoms with Crippen LogP contribution in [0.25, 0.3) is 0 Å². The Morgan fingerprint density at radius 1 is 1.25 bits per heavy atom. The molecule has 0 aliphatic rings. The Morgan fingerprint density at radius 3 is 2.79 bits per heavy atom. The van der Waals surface area contributed by atoms with Gasteiger partial charge >= 0.3 is 0 Å². The number of halogens is 1. The van der Waals surface area contributed by atoms with Crippen LogP contribution in [-0.2, 0) is 12.8 Å². The minimum atomic E-state index is -0.153. The van der Waals surface area contributed by atoms with Gasteiger partial charge in [-0.05, 0) is 38.3 Å². The van der Waals surface area contributed by atoms with Crippen LogP contribution in [0.1, 0.15) is 29.6 Å². The van der Waals surface area contributed by atoms with Gasteiger partial charge in [0.25, 0.3) is 0 Å². The number of aromatic nitrogens is 1. The average Bonchev–Trinajstić information content (AvgIpc) is 2.98. The summed E-state index contributed by atoms with van der Waals surface area (Å²) in [5, 5.41) is 9.72. The minimum absolute atomic E-state index is 0.153. The average molecular weight is 348 g/mol. The summed E-state index contributed by atoms with van der Waals surface area (Å²) in [6, 6.07) is 6.88. The normalized spacial score (nSPS) is 11.5. The van der Waals surface area contributed by atoms with Crippen molar-refractivity contribution in [3.8, 4) is 0 Å². The van der Waals surface area contributed by atoms with Crippen molar-refractivity contribution in [3.63, 3.8) is 0 Å². The molecule has 0 saturated carbocycles. The van der Waals surface area contributed by atoms with Crippen LogP contribution < -0.4 is 10.6 Å². The van der Waals surface area contributed by atoms with Gasteiger partial charge in [0.05, 0.1) is 5.01 Å². The fraction of sp³-hybridized carbons (Fsp3) is 0.444. The van der Waals surface area contributed by atoms with Crippen molar-refractivity contribution in [2.24, 2.45) is 4.99 Å². The van der Waals surface area contributed by atoms with Crippen LogP contribution in [-0.4, -0.2) is 30.6 Å². The maximum absolute atomic E-state index is 13.6. The van der Waals surface area contributed by atoms with Crippen LogP contribution in [0.4, 0.5) is 4.39 Å². The standard InChI is InChI=1S/C18H25FN4S/c1-3-20-18(21-11-6-9-17-23-14(2)13-24-17)22-12-10-15-7-4-5-8-16(15)19/h4-5,7-8,13H,3,6,9-12H2,1-2H3,(H2,20,21,22). The van der Waals surface area contributed by atoms with Crippen molar-refractivity contribution < 1.29 is 4.39 Å². The number of nitrogens with zero attached hydrogens (tertiary/aromatic N) is 2. The summed E-state index contributed by atoms with van der Waals surface area (Å²) in [5.41, 5.74) is 1.81. The van der Waals surface area contributed by atoms with Gasteiger partial charge in [0, 0.05) is 37.1 Å². The second-order valence-corrected chi connectivity index (χ2v) is 6.46. The Kier molecular flexibility index (Phi) is 7.68. The van der Waals surface area contributed by atoms with E-state index in [-0.39, 0.29) is 5.82 Å². The fourth-order valence-corrected chi connectivity index (χ4v) is 3.12. The molecule has 0 amide bonds. The zero-order valence-electron chi connectivity index (χ0n) is 14.3. The summed E-state index contributed by atoms with van der Waals surface area (Å²) in [5.74, 6) is 0.629. The van der Waals surface area contributed by atoms with Crippen LogP contribution in [0.3, 0.4) is 0 Å². The zero-order valence-corrected chi connectivity index (χ0v) is 15.1. The molecule has 6 heteroatoms. The summed E-state index contributed by atoms with van der Waals surface area (Å²) in [6.07, 6.45) is 2.56. The number of aliphatic imine (C=N–C) groups is 1. The van der Waals surface area contributed by atoms with E-state index in [0.29, 0.717) is 13.0 Å². The molecule has 24 heavy (non-hydrogen) atoms. The van der Waals surface area contributed by atoms with E-state index in [2.05, 4.69) is 26.0 Å². The molecule has 1 aromatic carbocycles. The molecule has 130 valence electrons. The fourth-order valence-electron chi connectivity index (χ4n) is 2.30. The lowest BCUT2D eigenvalue weighted by Crippen LogP contribution is -2.38. The molecule has 4 nitrogen and oxygen atoms in total. The Morgan fingerprint density at radius 2 is 2.08 bits per heavy atom. The van der Waals surface area contributed by atoms with Crippen molar-refractivity contribution in [2.45, 2.75) is 33.1 Å². The number of benzene rings is 1. The highest BCUT2D eigenvalue weighted by molar-refractivity contribution is 7.09.